The Kier molecular flexibility index (Phi) is 5.17. The Labute approximate surface area is 125 Å². The molecule has 0 saturated carbocycles. The van der Waals surface area contributed by atoms with Crippen LogP contribution < -0.4 is 16.0 Å². The molecule has 1 aliphatic heterocycles. The molecule has 1 heterocycles. The molecule has 1 atom stereocenters. The van der Waals surface area contributed by atoms with Gasteiger partial charge in [0.2, 0.25) is 5.91 Å². The number of hydrogen-bond donors (Lipinski definition) is 2. The molecule has 1 fully saturated rings. The third-order valence-corrected chi connectivity index (χ3v) is 3.89. The molecule has 1 aromatic rings. The van der Waals surface area contributed by atoms with Crippen LogP contribution in [-0.2, 0) is 11.3 Å². The van der Waals surface area contributed by atoms with Crippen molar-refractivity contribution >= 4 is 11.6 Å². The molecule has 1 unspecified atom stereocenters. The van der Waals surface area contributed by atoms with E-state index in [9.17, 15) is 9.18 Å². The molecule has 116 valence electrons. The van der Waals surface area contributed by atoms with Gasteiger partial charge >= 0.3 is 0 Å². The third-order valence-electron chi connectivity index (χ3n) is 3.89. The van der Waals surface area contributed by atoms with Gasteiger partial charge in [-0.05, 0) is 30.9 Å². The molecule has 1 aromatic carbocycles. The lowest BCUT2D eigenvalue weighted by atomic mass is 9.99. The molecule has 0 spiro atoms. The number of carbonyl (C=O) groups is 1. The summed E-state index contributed by atoms with van der Waals surface area (Å²) in [6, 6.07) is 4.96. The fourth-order valence-corrected chi connectivity index (χ4v) is 2.83. The number of nitrogens with one attached hydrogen (secondary N) is 1. The summed E-state index contributed by atoms with van der Waals surface area (Å²) < 4.78 is 14.4. The topological polar surface area (TPSA) is 58.4 Å². The molecular weight excluding hydrogens is 269 g/mol. The minimum absolute atomic E-state index is 0.286. The highest BCUT2D eigenvalue weighted by Gasteiger charge is 2.30. The van der Waals surface area contributed by atoms with Crippen LogP contribution in [0.25, 0.3) is 0 Å². The monoisotopic (exact) mass is 293 g/mol. The summed E-state index contributed by atoms with van der Waals surface area (Å²) in [5, 5.41) is 3.30. The molecular formula is C16H24FN3O. The first kappa shape index (κ1) is 15.8. The molecule has 1 aliphatic rings. The lowest BCUT2D eigenvalue weighted by Crippen LogP contribution is -2.48. The number of carbonyl (C=O) groups excluding carboxylic acids is 1. The molecule has 0 radical (unpaired) electrons. The Morgan fingerprint density at radius 2 is 2.24 bits per heavy atom. The zero-order valence-electron chi connectivity index (χ0n) is 12.7. The predicted molar refractivity (Wildman–Crippen MR) is 82.6 cm³/mol. The van der Waals surface area contributed by atoms with E-state index in [2.05, 4.69) is 5.32 Å². The lowest BCUT2D eigenvalue weighted by molar-refractivity contribution is -0.119. The molecule has 0 aromatic heterocycles. The minimum Gasteiger partial charge on any atom is -0.368 e. The van der Waals surface area contributed by atoms with Gasteiger partial charge in [-0.1, -0.05) is 26.0 Å². The van der Waals surface area contributed by atoms with Crippen molar-refractivity contribution in [3.8, 4) is 0 Å². The van der Waals surface area contributed by atoms with Crippen molar-refractivity contribution in [2.24, 2.45) is 5.73 Å². The van der Waals surface area contributed by atoms with Crippen LogP contribution in [0.1, 0.15) is 38.7 Å². The van der Waals surface area contributed by atoms with Crippen LogP contribution in [0.15, 0.2) is 18.2 Å². The van der Waals surface area contributed by atoms with Gasteiger partial charge in [-0.3, -0.25) is 4.79 Å². The van der Waals surface area contributed by atoms with Crippen LogP contribution >= 0.6 is 0 Å². The standard InChI is InChI=1S/C16H24FN3O/c1-11(2)19-10-12-6-5-7-13(17)15(12)20-9-4-3-8-14(20)16(18)21/h5-7,11,14,19H,3-4,8-10H2,1-2H3,(H2,18,21). The Morgan fingerprint density at radius 3 is 2.90 bits per heavy atom. The summed E-state index contributed by atoms with van der Waals surface area (Å²) in [6.07, 6.45) is 2.61. The highest BCUT2D eigenvalue weighted by Crippen LogP contribution is 2.30. The van der Waals surface area contributed by atoms with Crippen LogP contribution in [0.4, 0.5) is 10.1 Å². The van der Waals surface area contributed by atoms with Crippen LogP contribution in [-0.4, -0.2) is 24.5 Å². The Balaban J connectivity index is 2.33. The van der Waals surface area contributed by atoms with Gasteiger partial charge in [0.1, 0.15) is 11.9 Å². The van der Waals surface area contributed by atoms with Crippen molar-refractivity contribution in [1.82, 2.24) is 5.32 Å². The van der Waals surface area contributed by atoms with Crippen molar-refractivity contribution in [1.29, 1.82) is 0 Å². The number of nitrogens with zero attached hydrogens (tertiary/aromatic N) is 1. The first-order chi connectivity index (χ1) is 10.0. The molecule has 0 aliphatic carbocycles. The van der Waals surface area contributed by atoms with Crippen molar-refractivity contribution in [3.63, 3.8) is 0 Å². The zero-order chi connectivity index (χ0) is 15.4. The van der Waals surface area contributed by atoms with Gasteiger partial charge < -0.3 is 16.0 Å². The maximum Gasteiger partial charge on any atom is 0.240 e. The summed E-state index contributed by atoms with van der Waals surface area (Å²) in [7, 11) is 0. The largest absolute Gasteiger partial charge is 0.368 e. The summed E-state index contributed by atoms with van der Waals surface area (Å²) in [4.78, 5) is 13.5. The number of hydrogen-bond acceptors (Lipinski definition) is 3. The Morgan fingerprint density at radius 1 is 1.48 bits per heavy atom. The number of primary amides is 1. The maximum atomic E-state index is 14.4. The fourth-order valence-electron chi connectivity index (χ4n) is 2.83. The quantitative estimate of drug-likeness (QED) is 0.874. The maximum absolute atomic E-state index is 14.4. The SMILES string of the molecule is CC(C)NCc1cccc(F)c1N1CCCCC1C(N)=O. The van der Waals surface area contributed by atoms with Crippen LogP contribution in [0, 0.1) is 5.82 Å². The molecule has 1 amide bonds. The molecule has 2 rings (SSSR count). The van der Waals surface area contributed by atoms with Crippen molar-refractivity contribution in [2.45, 2.75) is 51.7 Å². The molecule has 3 N–H and O–H groups in total. The summed E-state index contributed by atoms with van der Waals surface area (Å²) in [6.45, 7) is 5.34. The summed E-state index contributed by atoms with van der Waals surface area (Å²) >= 11 is 0. The van der Waals surface area contributed by atoms with Crippen molar-refractivity contribution in [2.75, 3.05) is 11.4 Å². The minimum atomic E-state index is -0.409. The van der Waals surface area contributed by atoms with E-state index in [4.69, 9.17) is 5.73 Å². The van der Waals surface area contributed by atoms with E-state index in [1.165, 1.54) is 6.07 Å². The van der Waals surface area contributed by atoms with E-state index in [-0.39, 0.29) is 11.7 Å². The Hall–Kier alpha value is -1.62. The van der Waals surface area contributed by atoms with Gasteiger partial charge in [0.05, 0.1) is 5.69 Å². The average molecular weight is 293 g/mol. The van der Waals surface area contributed by atoms with Gasteiger partial charge in [-0.25, -0.2) is 4.39 Å². The number of benzene rings is 1. The number of para-hydroxylation sites is 1. The number of rotatable bonds is 5. The van der Waals surface area contributed by atoms with Crippen LogP contribution in [0.5, 0.6) is 0 Å². The van der Waals surface area contributed by atoms with E-state index in [0.29, 0.717) is 31.2 Å². The smallest absolute Gasteiger partial charge is 0.240 e. The number of halogens is 1. The first-order valence-electron chi connectivity index (χ1n) is 7.57. The molecule has 21 heavy (non-hydrogen) atoms. The van der Waals surface area contributed by atoms with Gasteiger partial charge in [-0.2, -0.15) is 0 Å². The molecule has 4 nitrogen and oxygen atoms in total. The number of piperidine rings is 1. The number of anilines is 1. The third kappa shape index (κ3) is 3.73. The van der Waals surface area contributed by atoms with Gasteiger partial charge in [-0.15, -0.1) is 0 Å². The highest BCUT2D eigenvalue weighted by molar-refractivity contribution is 5.84. The van der Waals surface area contributed by atoms with Crippen LogP contribution in [0.3, 0.4) is 0 Å². The van der Waals surface area contributed by atoms with Gasteiger partial charge in [0.15, 0.2) is 0 Å². The molecule has 5 heteroatoms. The van der Waals surface area contributed by atoms with Gasteiger partial charge in [0.25, 0.3) is 0 Å². The lowest BCUT2D eigenvalue weighted by Gasteiger charge is -2.37. The Bertz CT molecular complexity index is 504. The molecule has 0 bridgehead atoms. The zero-order valence-corrected chi connectivity index (χ0v) is 12.7. The van der Waals surface area contributed by atoms with Crippen LogP contribution in [0.2, 0.25) is 0 Å². The number of amides is 1. The fraction of sp³-hybridized carbons (Fsp3) is 0.562. The van der Waals surface area contributed by atoms with E-state index in [1.54, 1.807) is 6.07 Å². The van der Waals surface area contributed by atoms with Crippen molar-refractivity contribution in [3.05, 3.63) is 29.6 Å². The van der Waals surface area contributed by atoms with Crippen molar-refractivity contribution < 1.29 is 9.18 Å². The van der Waals surface area contributed by atoms with E-state index < -0.39 is 6.04 Å². The molecule has 1 saturated heterocycles. The number of nitrogens with two attached hydrogens (primary N) is 1. The second kappa shape index (κ2) is 6.89. The predicted octanol–water partition coefficient (Wildman–Crippen LogP) is 2.17. The second-order valence-electron chi connectivity index (χ2n) is 5.89. The van der Waals surface area contributed by atoms with E-state index in [0.717, 1.165) is 18.4 Å². The summed E-state index contributed by atoms with van der Waals surface area (Å²) in [5.41, 5.74) is 6.89. The second-order valence-corrected chi connectivity index (χ2v) is 5.89. The van der Waals surface area contributed by atoms with E-state index in [1.807, 2.05) is 24.8 Å². The average Bonchev–Trinajstić information content (AvgIpc) is 2.45. The normalized spacial score (nSPS) is 19.0. The first-order valence-corrected chi connectivity index (χ1v) is 7.57. The highest BCUT2D eigenvalue weighted by atomic mass is 19.1. The summed E-state index contributed by atoms with van der Waals surface area (Å²) in [5.74, 6) is -0.660. The van der Waals surface area contributed by atoms with E-state index >= 15 is 0 Å². The van der Waals surface area contributed by atoms with Gasteiger partial charge in [0, 0.05) is 19.1 Å².